The van der Waals surface area contributed by atoms with Gasteiger partial charge in [-0.1, -0.05) is 27.7 Å². The maximum Gasteiger partial charge on any atom is 1.00 e. The summed E-state index contributed by atoms with van der Waals surface area (Å²) in [5.41, 5.74) is 0. The molecule has 0 aromatic heterocycles. The number of hydrogen-bond acceptors (Lipinski definition) is 5. The van der Waals surface area contributed by atoms with Gasteiger partial charge in [0.1, 0.15) is 0 Å². The van der Waals surface area contributed by atoms with Crippen molar-refractivity contribution in [3.8, 4) is 0 Å². The molecule has 0 aromatic carbocycles. The largest absolute Gasteiger partial charge is 1.00 e. The Labute approximate surface area is 220 Å². The molecule has 0 heterocycles. The van der Waals surface area contributed by atoms with Gasteiger partial charge in [0.05, 0.1) is 0 Å². The van der Waals surface area contributed by atoms with Crippen LogP contribution >= 0.6 is 15.6 Å². The SMILES string of the molecule is CC(C)CCN(CCC(C)C)OP(=O)(O)OP(=O)(O)O.[H-].[H-].[K+].[K+]. The van der Waals surface area contributed by atoms with Crippen LogP contribution in [0.5, 0.6) is 0 Å². The summed E-state index contributed by atoms with van der Waals surface area (Å²) in [5.74, 6) is 0.724. The fraction of sp³-hybridized carbons (Fsp3) is 1.00. The molecule has 0 aromatic rings. The van der Waals surface area contributed by atoms with E-state index >= 15 is 0 Å². The molecule has 0 rings (SSSR count). The number of phosphoric acid groups is 2. The van der Waals surface area contributed by atoms with Crippen molar-refractivity contribution in [2.75, 3.05) is 13.1 Å². The molecule has 8 nitrogen and oxygen atoms in total. The van der Waals surface area contributed by atoms with Gasteiger partial charge in [0, 0.05) is 13.1 Å². The standard InChI is InChI=1S/C10H25NO7P2.2K.2H/c1-9(2)5-7-11(8-6-10(3)4)17-20(15,16)18-19(12,13)14;;;;/h9-10H,5-8H2,1-4H3,(H,15,16)(H2,12,13,14);;;;/q;2*+1;2*-1. The second kappa shape index (κ2) is 14.5. The molecule has 3 N–H and O–H groups in total. The zero-order valence-corrected chi connectivity index (χ0v) is 22.3. The Balaban J connectivity index is -0.000000301. The van der Waals surface area contributed by atoms with Crippen LogP contribution < -0.4 is 103 Å². The van der Waals surface area contributed by atoms with Crippen molar-refractivity contribution >= 4 is 15.6 Å². The minimum absolute atomic E-state index is 0. The maximum absolute atomic E-state index is 11.5. The zero-order valence-electron chi connectivity index (χ0n) is 16.3. The Bertz CT molecular complexity index is 376. The summed E-state index contributed by atoms with van der Waals surface area (Å²) in [5, 5.41) is 1.23. The third-order valence-electron chi connectivity index (χ3n) is 2.34. The third-order valence-corrected chi connectivity index (χ3v) is 4.45. The predicted octanol–water partition coefficient (Wildman–Crippen LogP) is -3.25. The number of nitrogens with zero attached hydrogens (tertiary/aromatic N) is 1. The van der Waals surface area contributed by atoms with E-state index in [0.29, 0.717) is 37.8 Å². The van der Waals surface area contributed by atoms with Crippen LogP contribution in [0, 0.1) is 11.8 Å². The van der Waals surface area contributed by atoms with Crippen molar-refractivity contribution in [3.05, 3.63) is 0 Å². The minimum Gasteiger partial charge on any atom is -1.00 e. The van der Waals surface area contributed by atoms with Gasteiger partial charge in [-0.3, -0.25) is 0 Å². The molecule has 22 heavy (non-hydrogen) atoms. The minimum atomic E-state index is -5.08. The Morgan fingerprint density at radius 1 is 0.955 bits per heavy atom. The third kappa shape index (κ3) is 19.8. The molecular weight excluding hydrogens is 386 g/mol. The molecule has 1 atom stereocenters. The second-order valence-corrected chi connectivity index (χ2v) is 8.15. The van der Waals surface area contributed by atoms with Crippen molar-refractivity contribution < 1.29 is 138 Å². The van der Waals surface area contributed by atoms with Gasteiger partial charge in [-0.15, -0.1) is 0 Å². The fourth-order valence-corrected chi connectivity index (χ4v) is 2.94. The Morgan fingerprint density at radius 2 is 1.32 bits per heavy atom. The number of rotatable bonds is 10. The molecule has 1 unspecified atom stereocenters. The zero-order chi connectivity index (χ0) is 16.0. The summed E-state index contributed by atoms with van der Waals surface area (Å²) in [6, 6.07) is 0. The van der Waals surface area contributed by atoms with Crippen molar-refractivity contribution in [2.24, 2.45) is 11.8 Å². The van der Waals surface area contributed by atoms with E-state index in [0.717, 1.165) is 0 Å². The maximum atomic E-state index is 11.5. The Morgan fingerprint density at radius 3 is 1.59 bits per heavy atom. The second-order valence-electron chi connectivity index (χ2n) is 5.42. The van der Waals surface area contributed by atoms with Crippen LogP contribution in [0.4, 0.5) is 0 Å². The van der Waals surface area contributed by atoms with Gasteiger partial charge < -0.3 is 17.5 Å². The van der Waals surface area contributed by atoms with Gasteiger partial charge in [-0.05, 0) is 24.7 Å². The summed E-state index contributed by atoms with van der Waals surface area (Å²) >= 11 is 0. The van der Waals surface area contributed by atoms with Crippen molar-refractivity contribution in [2.45, 2.75) is 40.5 Å². The fourth-order valence-electron chi connectivity index (χ4n) is 1.29. The van der Waals surface area contributed by atoms with Gasteiger partial charge in [-0.25, -0.2) is 9.13 Å². The van der Waals surface area contributed by atoms with Crippen molar-refractivity contribution in [1.82, 2.24) is 5.06 Å². The predicted molar refractivity (Wildman–Crippen MR) is 76.7 cm³/mol. The van der Waals surface area contributed by atoms with Gasteiger partial charge in [0.25, 0.3) is 0 Å². The van der Waals surface area contributed by atoms with E-state index in [1.165, 1.54) is 5.06 Å². The summed E-state index contributed by atoms with van der Waals surface area (Å²) in [6.07, 6.45) is 1.43. The van der Waals surface area contributed by atoms with Crippen molar-refractivity contribution in [1.29, 1.82) is 0 Å². The van der Waals surface area contributed by atoms with Crippen molar-refractivity contribution in [3.63, 3.8) is 0 Å². The molecule has 0 amide bonds. The van der Waals surface area contributed by atoms with Crippen LogP contribution in [-0.2, 0) is 18.1 Å². The Hall–Kier alpha value is 3.49. The molecule has 0 saturated carbocycles. The van der Waals surface area contributed by atoms with Crippen LogP contribution in [0.3, 0.4) is 0 Å². The first-order chi connectivity index (χ1) is 8.91. The van der Waals surface area contributed by atoms with Crippen LogP contribution in [0.15, 0.2) is 0 Å². The number of hydroxylamine groups is 2. The summed E-state index contributed by atoms with van der Waals surface area (Å²) in [7, 11) is -9.91. The van der Waals surface area contributed by atoms with E-state index in [2.05, 4.69) is 4.31 Å². The van der Waals surface area contributed by atoms with Gasteiger partial charge in [0.2, 0.25) is 0 Å². The monoisotopic (exact) mass is 413 g/mol. The van der Waals surface area contributed by atoms with Crippen LogP contribution in [0.25, 0.3) is 0 Å². The average molecular weight is 413 g/mol. The van der Waals surface area contributed by atoms with Gasteiger partial charge >= 0.3 is 118 Å². The molecular formula is C10H27K2NO7P2. The van der Waals surface area contributed by atoms with E-state index in [9.17, 15) is 14.0 Å². The van der Waals surface area contributed by atoms with Crippen LogP contribution in [0.2, 0.25) is 0 Å². The average Bonchev–Trinajstić information content (AvgIpc) is 2.17. The molecule has 0 aliphatic rings. The van der Waals surface area contributed by atoms with Gasteiger partial charge in [-0.2, -0.15) is 14.0 Å². The molecule has 0 spiro atoms. The van der Waals surface area contributed by atoms with Crippen LogP contribution in [-0.4, -0.2) is 32.8 Å². The molecule has 126 valence electrons. The first-order valence-electron chi connectivity index (χ1n) is 6.45. The molecule has 0 aliphatic heterocycles. The van der Waals surface area contributed by atoms with Gasteiger partial charge in [0.15, 0.2) is 0 Å². The Kier molecular flexibility index (Phi) is 20.0. The summed E-state index contributed by atoms with van der Waals surface area (Å²) in [4.78, 5) is 26.4. The molecule has 0 radical (unpaired) electrons. The smallest absolute Gasteiger partial charge is 1.00 e. The molecule has 0 bridgehead atoms. The number of hydrogen-bond donors (Lipinski definition) is 3. The normalized spacial score (nSPS) is 14.6. The first-order valence-corrected chi connectivity index (χ1v) is 9.48. The molecule has 0 aliphatic carbocycles. The van der Waals surface area contributed by atoms with E-state index in [1.54, 1.807) is 0 Å². The van der Waals surface area contributed by atoms with E-state index in [4.69, 9.17) is 14.4 Å². The van der Waals surface area contributed by atoms with E-state index in [-0.39, 0.29) is 106 Å². The molecule has 0 saturated heterocycles. The molecule has 12 heteroatoms. The van der Waals surface area contributed by atoms with E-state index in [1.807, 2.05) is 27.7 Å². The molecule has 0 fully saturated rings. The van der Waals surface area contributed by atoms with E-state index < -0.39 is 15.6 Å². The van der Waals surface area contributed by atoms with Crippen LogP contribution in [0.1, 0.15) is 43.4 Å². The first kappa shape index (κ1) is 30.2. The quantitative estimate of drug-likeness (QED) is 0.194. The summed E-state index contributed by atoms with van der Waals surface area (Å²) in [6.45, 7) is 8.71. The summed E-state index contributed by atoms with van der Waals surface area (Å²) < 4.78 is 30.6. The topological polar surface area (TPSA) is 117 Å².